The van der Waals surface area contributed by atoms with Crippen molar-refractivity contribution in [1.82, 2.24) is 0 Å². The van der Waals surface area contributed by atoms with Crippen molar-refractivity contribution >= 4 is 41.8 Å². The van der Waals surface area contributed by atoms with Gasteiger partial charge in [-0.15, -0.1) is 0 Å². The second-order valence-electron chi connectivity index (χ2n) is 43.2. The largest absolute Gasteiger partial charge is 0.463 e. The number of esters is 7. The standard InChI is InChI=1S/C15H20O2.C14H20O4.C14H20O3.2C13H18O2.2C10H16.C6H10O2.C5H8O2.2C2H6O/c1-2-13(16)17-12-7-10-6-11(12)15-9-4-3-8(5-9)14(10)15;1-9(2)11(15)18-14-5-10-3-12(16,7-14)6-13(17,4-10)8-14;1-9(2)12(15)17-14-6-10-3-11(7-14)5-13(16,4-10)8-14;1-2-12(14)15-13-6-9-3-10(7-13)5-11(4-9)8-13;1-2-13(14)15-12-7-8-6-11(12)10-5-3-4-9(8)10;2*1-2-9-7-4-5-8(6-7)10(9)3-1;1-4-8-6(7)5(2)3;1-3-5(6)7-4-2;2*1-2-3/h2,8-12,14-15H,1,3-7H2;10,16-17H,1,3-8H2,2H3;10-11,16H,1,3-8H2,2H3;2,9-11H,1,3-8H2;2,8-12H,1,3-7H2;2*7-10H,1-6H2;2,4H2,1,3H3;3H,1,4H2,2H3;2*3H,2H2,1H3. The zero-order chi connectivity index (χ0) is 88.7. The molecule has 22 bridgehead atoms. The van der Waals surface area contributed by atoms with E-state index in [1.807, 2.05) is 0 Å². The van der Waals surface area contributed by atoms with E-state index >= 15 is 0 Å². The molecule has 0 saturated heterocycles. The summed E-state index contributed by atoms with van der Waals surface area (Å²) in [6.45, 7) is 37.4. The van der Waals surface area contributed by atoms with Crippen LogP contribution in [0.3, 0.4) is 0 Å². The second-order valence-corrected chi connectivity index (χ2v) is 43.2. The molecular formula is C104H158O19. The Bertz CT molecular complexity index is 3620. The van der Waals surface area contributed by atoms with Crippen molar-refractivity contribution in [3.63, 3.8) is 0 Å². The molecule has 24 atom stereocenters. The van der Waals surface area contributed by atoms with Crippen LogP contribution in [0.25, 0.3) is 0 Å². The molecule has 25 aliphatic rings. The maximum Gasteiger partial charge on any atom is 0.333 e. The van der Waals surface area contributed by atoms with E-state index < -0.39 is 34.0 Å². The molecule has 0 aromatic carbocycles. The second kappa shape index (κ2) is 41.4. The van der Waals surface area contributed by atoms with Crippen LogP contribution in [0, 0.1) is 142 Å². The monoisotopic (exact) mass is 1710 g/mol. The van der Waals surface area contributed by atoms with Gasteiger partial charge in [0, 0.05) is 79.9 Å². The van der Waals surface area contributed by atoms with Crippen molar-refractivity contribution in [3.8, 4) is 0 Å². The fourth-order valence-electron chi connectivity index (χ4n) is 32.3. The van der Waals surface area contributed by atoms with Gasteiger partial charge in [-0.25, -0.2) is 33.6 Å². The SMILES string of the molecule is C1CC2C3CCC(C3)C2C1.C1CC2C3CCC(C3)C2C1.C=C(C)C(=O)OC12CC3CC(CC(O)(C3)C1)C2.C=C(C)C(=O)OC12CC3CC(O)(CC(O)(C3)C1)C2.C=C(C)C(=O)OCC.C=CC(=O)OC12CC3CC(CC(C3)C1)C2.C=CC(=O)OC1CC2CC1C1C3CCC(C3)C21.C=CC(=O)OC1CC2CC1C1CCCC21.C=CC(=O)OCC.CCO.CCO. The quantitative estimate of drug-likeness (QED) is 0.0467. The molecule has 24 unspecified atom stereocenters. The summed E-state index contributed by atoms with van der Waals surface area (Å²) in [5, 5.41) is 46.7. The molecule has 0 radical (unpaired) electrons. The van der Waals surface area contributed by atoms with E-state index in [4.69, 9.17) is 33.9 Å². The molecule has 19 nitrogen and oxygen atoms in total. The Kier molecular flexibility index (Phi) is 32.4. The van der Waals surface area contributed by atoms with Gasteiger partial charge in [0.1, 0.15) is 29.0 Å². The average Bonchev–Trinajstić information content (AvgIpc) is 1.69. The minimum atomic E-state index is -0.858. The third-order valence-corrected chi connectivity index (χ3v) is 34.4. The fourth-order valence-corrected chi connectivity index (χ4v) is 32.3. The summed E-state index contributed by atoms with van der Waals surface area (Å²) in [5.41, 5.74) is -2.19. The van der Waals surface area contributed by atoms with Crippen molar-refractivity contribution < 1.29 is 92.3 Å². The first-order valence-corrected chi connectivity index (χ1v) is 48.9. The van der Waals surface area contributed by atoms with Crippen molar-refractivity contribution in [2.45, 2.75) is 351 Å². The van der Waals surface area contributed by atoms with E-state index in [1.165, 1.54) is 143 Å². The van der Waals surface area contributed by atoms with E-state index in [0.717, 1.165) is 148 Å². The van der Waals surface area contributed by atoms with Crippen LogP contribution in [0.2, 0.25) is 0 Å². The molecule has 0 amide bonds. The molecule has 25 fully saturated rings. The highest BCUT2D eigenvalue weighted by Gasteiger charge is 2.67. The van der Waals surface area contributed by atoms with Gasteiger partial charge in [-0.1, -0.05) is 65.3 Å². The Morgan fingerprint density at radius 1 is 0.317 bits per heavy atom. The van der Waals surface area contributed by atoms with Crippen molar-refractivity contribution in [2.75, 3.05) is 26.4 Å². The fraction of sp³-hybridized carbons (Fsp3) is 0.798. The minimum Gasteiger partial charge on any atom is -0.463 e. The molecule has 0 aliphatic heterocycles. The van der Waals surface area contributed by atoms with E-state index in [-0.39, 0.29) is 72.8 Å². The lowest BCUT2D eigenvalue weighted by Gasteiger charge is -2.62. The maximum absolute atomic E-state index is 11.8. The van der Waals surface area contributed by atoms with Crippen LogP contribution >= 0.6 is 0 Å². The first-order valence-electron chi connectivity index (χ1n) is 48.9. The molecule has 0 aromatic heterocycles. The van der Waals surface area contributed by atoms with Crippen LogP contribution in [-0.4, -0.2) is 140 Å². The summed E-state index contributed by atoms with van der Waals surface area (Å²) in [6, 6.07) is 0. The number of carbonyl (C=O) groups is 7. The lowest BCUT2D eigenvalue weighted by Crippen LogP contribution is -2.66. The van der Waals surface area contributed by atoms with Crippen LogP contribution in [0.4, 0.5) is 0 Å². The lowest BCUT2D eigenvalue weighted by molar-refractivity contribution is -0.260. The Labute approximate surface area is 736 Å². The highest BCUT2D eigenvalue weighted by atomic mass is 16.6. The van der Waals surface area contributed by atoms with E-state index in [9.17, 15) is 48.9 Å². The number of hydrogen-bond acceptors (Lipinski definition) is 19. The first-order chi connectivity index (χ1) is 58.6. The molecular weight excluding hydrogens is 1550 g/mol. The summed E-state index contributed by atoms with van der Waals surface area (Å²) in [4.78, 5) is 77.9. The van der Waals surface area contributed by atoms with Crippen LogP contribution in [0.15, 0.2) is 87.1 Å². The van der Waals surface area contributed by atoms with Gasteiger partial charge in [-0.05, 0) is 402 Å². The number of hydrogen-bond donors (Lipinski definition) is 5. The molecule has 123 heavy (non-hydrogen) atoms. The maximum atomic E-state index is 11.8. The molecule has 19 heteroatoms. The van der Waals surface area contributed by atoms with Gasteiger partial charge in [0.25, 0.3) is 0 Å². The summed E-state index contributed by atoms with van der Waals surface area (Å²) in [6.07, 6.45) is 54.5. The van der Waals surface area contributed by atoms with Crippen molar-refractivity contribution in [1.29, 1.82) is 0 Å². The Morgan fingerprint density at radius 2 is 0.667 bits per heavy atom. The topological polar surface area (TPSA) is 285 Å². The van der Waals surface area contributed by atoms with E-state index in [2.05, 4.69) is 55.5 Å². The van der Waals surface area contributed by atoms with Gasteiger partial charge in [0.15, 0.2) is 0 Å². The summed E-state index contributed by atoms with van der Waals surface area (Å²) >= 11 is 0. The lowest BCUT2D eigenvalue weighted by atomic mass is 9.50. The normalized spacial score (nSPS) is 43.1. The zero-order valence-corrected chi connectivity index (χ0v) is 76.3. The predicted octanol–water partition coefficient (Wildman–Crippen LogP) is 19.0. The summed E-state index contributed by atoms with van der Waals surface area (Å²) < 4.78 is 36.9. The first kappa shape index (κ1) is 96.4. The summed E-state index contributed by atoms with van der Waals surface area (Å²) in [5.74, 6) is 20.2. The van der Waals surface area contributed by atoms with E-state index in [1.54, 1.807) is 126 Å². The van der Waals surface area contributed by atoms with Gasteiger partial charge in [0.05, 0.1) is 30.0 Å². The van der Waals surface area contributed by atoms with Gasteiger partial charge in [-0.2, -0.15) is 0 Å². The third-order valence-electron chi connectivity index (χ3n) is 34.4. The molecule has 25 aliphatic carbocycles. The van der Waals surface area contributed by atoms with Crippen LogP contribution in [0.1, 0.15) is 305 Å². The van der Waals surface area contributed by atoms with Gasteiger partial charge in [-0.3, -0.25) is 0 Å². The van der Waals surface area contributed by atoms with Gasteiger partial charge < -0.3 is 58.7 Å². The summed E-state index contributed by atoms with van der Waals surface area (Å²) in [7, 11) is 0. The van der Waals surface area contributed by atoms with E-state index in [0.29, 0.717) is 79.3 Å². The molecule has 25 rings (SSSR count). The molecule has 688 valence electrons. The number of aliphatic hydroxyl groups excluding tert-OH is 2. The third kappa shape index (κ3) is 22.8. The van der Waals surface area contributed by atoms with Crippen LogP contribution in [0.5, 0.6) is 0 Å². The highest BCUT2D eigenvalue weighted by molar-refractivity contribution is 5.88. The van der Waals surface area contributed by atoms with Crippen molar-refractivity contribution in [3.05, 3.63) is 87.1 Å². The number of aliphatic hydroxyl groups is 5. The number of rotatable bonds is 14. The van der Waals surface area contributed by atoms with Crippen molar-refractivity contribution in [2.24, 2.45) is 142 Å². The number of carbonyl (C=O) groups excluding carboxylic acids is 7. The Hall–Kier alpha value is -5.73. The Balaban J connectivity index is 0.000000127. The molecule has 25 saturated carbocycles. The van der Waals surface area contributed by atoms with Crippen LogP contribution in [-0.2, 0) is 66.7 Å². The zero-order valence-electron chi connectivity index (χ0n) is 76.3. The van der Waals surface area contributed by atoms with Gasteiger partial charge >= 0.3 is 41.8 Å². The smallest absolute Gasteiger partial charge is 0.333 e. The average molecular weight is 1710 g/mol. The molecule has 5 N–H and O–H groups in total. The Morgan fingerprint density at radius 3 is 1.07 bits per heavy atom. The number of ether oxygens (including phenoxy) is 7. The molecule has 0 spiro atoms. The molecule has 0 aromatic rings. The highest BCUT2D eigenvalue weighted by Crippen LogP contribution is 2.69. The predicted molar refractivity (Wildman–Crippen MR) is 474 cm³/mol. The number of fused-ring (bicyclic) bond motifs is 24. The van der Waals surface area contributed by atoms with Gasteiger partial charge in [0.2, 0.25) is 0 Å². The van der Waals surface area contributed by atoms with Crippen LogP contribution < -0.4 is 0 Å². The molecule has 0 heterocycles. The minimum absolute atomic E-state index is 0.0972.